The van der Waals surface area contributed by atoms with Crippen LogP contribution in [0.4, 0.5) is 16.2 Å². The van der Waals surface area contributed by atoms with Crippen molar-refractivity contribution in [2.75, 3.05) is 10.6 Å². The number of aromatic nitrogens is 1. The molecular formula is C25H21N3O2. The lowest BCUT2D eigenvalue weighted by Crippen LogP contribution is -2.19. The van der Waals surface area contributed by atoms with Gasteiger partial charge in [0, 0.05) is 11.8 Å². The SMILES string of the molecule is O=C(Nc1ccccc1)Nc1ccc(OC(c2ccccc2)c2ccccc2)nc1. The van der Waals surface area contributed by atoms with Crippen LogP contribution in [0.5, 0.6) is 5.88 Å². The quantitative estimate of drug-likeness (QED) is 0.428. The van der Waals surface area contributed by atoms with E-state index < -0.39 is 0 Å². The topological polar surface area (TPSA) is 63.2 Å². The first-order chi connectivity index (χ1) is 14.8. The molecule has 5 heteroatoms. The molecule has 3 aromatic carbocycles. The minimum Gasteiger partial charge on any atom is -0.465 e. The van der Waals surface area contributed by atoms with Gasteiger partial charge in [0.05, 0.1) is 11.9 Å². The highest BCUT2D eigenvalue weighted by Crippen LogP contribution is 2.27. The first-order valence-electron chi connectivity index (χ1n) is 9.63. The molecule has 148 valence electrons. The molecular weight excluding hydrogens is 374 g/mol. The molecule has 4 aromatic rings. The highest BCUT2D eigenvalue weighted by molar-refractivity contribution is 5.99. The van der Waals surface area contributed by atoms with Crippen LogP contribution in [-0.2, 0) is 0 Å². The lowest BCUT2D eigenvalue weighted by Gasteiger charge is -2.19. The summed E-state index contributed by atoms with van der Waals surface area (Å²) in [7, 11) is 0. The third-order valence-corrected chi connectivity index (χ3v) is 4.47. The van der Waals surface area contributed by atoms with Crippen molar-refractivity contribution in [1.82, 2.24) is 4.98 Å². The van der Waals surface area contributed by atoms with E-state index in [1.165, 1.54) is 0 Å². The molecule has 0 saturated carbocycles. The van der Waals surface area contributed by atoms with Gasteiger partial charge in [-0.1, -0.05) is 78.9 Å². The van der Waals surface area contributed by atoms with Crippen LogP contribution in [0.1, 0.15) is 17.2 Å². The predicted molar refractivity (Wildman–Crippen MR) is 119 cm³/mol. The average molecular weight is 395 g/mol. The molecule has 0 fully saturated rings. The summed E-state index contributed by atoms with van der Waals surface area (Å²) in [4.78, 5) is 16.5. The van der Waals surface area contributed by atoms with E-state index in [-0.39, 0.29) is 12.1 Å². The average Bonchev–Trinajstić information content (AvgIpc) is 2.80. The van der Waals surface area contributed by atoms with Crippen LogP contribution in [0.15, 0.2) is 109 Å². The molecule has 0 saturated heterocycles. The highest BCUT2D eigenvalue weighted by Gasteiger charge is 2.16. The Morgan fingerprint density at radius 3 is 1.73 bits per heavy atom. The Labute approximate surface area is 175 Å². The Balaban J connectivity index is 1.45. The van der Waals surface area contributed by atoms with Crippen molar-refractivity contribution in [3.05, 3.63) is 120 Å². The van der Waals surface area contributed by atoms with E-state index in [1.54, 1.807) is 18.3 Å². The molecule has 2 N–H and O–H groups in total. The summed E-state index contributed by atoms with van der Waals surface area (Å²) >= 11 is 0. The van der Waals surface area contributed by atoms with Gasteiger partial charge in [-0.3, -0.25) is 0 Å². The minimum atomic E-state index is -0.330. The lowest BCUT2D eigenvalue weighted by atomic mass is 10.0. The second-order valence-electron chi connectivity index (χ2n) is 6.65. The number of nitrogens with zero attached hydrogens (tertiary/aromatic N) is 1. The normalized spacial score (nSPS) is 10.4. The van der Waals surface area contributed by atoms with Crippen LogP contribution in [0.3, 0.4) is 0 Å². The zero-order chi connectivity index (χ0) is 20.6. The fourth-order valence-corrected chi connectivity index (χ4v) is 3.04. The van der Waals surface area contributed by atoms with E-state index in [0.717, 1.165) is 16.8 Å². The summed E-state index contributed by atoms with van der Waals surface area (Å²) in [6.45, 7) is 0. The zero-order valence-corrected chi connectivity index (χ0v) is 16.2. The molecule has 1 heterocycles. The van der Waals surface area contributed by atoms with Gasteiger partial charge in [-0.15, -0.1) is 0 Å². The fourth-order valence-electron chi connectivity index (χ4n) is 3.04. The summed E-state index contributed by atoms with van der Waals surface area (Å²) in [5.74, 6) is 0.474. The number of para-hydroxylation sites is 1. The van der Waals surface area contributed by atoms with Crippen molar-refractivity contribution >= 4 is 17.4 Å². The number of carbonyl (C=O) groups excluding carboxylic acids is 1. The molecule has 1 aromatic heterocycles. The van der Waals surface area contributed by atoms with E-state index in [2.05, 4.69) is 15.6 Å². The van der Waals surface area contributed by atoms with Crippen molar-refractivity contribution in [2.24, 2.45) is 0 Å². The van der Waals surface area contributed by atoms with E-state index >= 15 is 0 Å². The minimum absolute atomic E-state index is 0.278. The lowest BCUT2D eigenvalue weighted by molar-refractivity contribution is 0.237. The molecule has 5 nitrogen and oxygen atoms in total. The number of nitrogens with one attached hydrogen (secondary N) is 2. The molecule has 4 rings (SSSR count). The maximum absolute atomic E-state index is 12.1. The van der Waals surface area contributed by atoms with Gasteiger partial charge >= 0.3 is 6.03 Å². The van der Waals surface area contributed by atoms with Crippen molar-refractivity contribution < 1.29 is 9.53 Å². The first kappa shape index (κ1) is 19.2. The fraction of sp³-hybridized carbons (Fsp3) is 0.0400. The summed E-state index contributed by atoms with van der Waals surface area (Å²) in [6.07, 6.45) is 1.30. The molecule has 0 aliphatic carbocycles. The van der Waals surface area contributed by atoms with Crippen LogP contribution in [-0.4, -0.2) is 11.0 Å². The number of ether oxygens (including phenoxy) is 1. The zero-order valence-electron chi connectivity index (χ0n) is 16.2. The van der Waals surface area contributed by atoms with Gasteiger partial charge in [-0.2, -0.15) is 0 Å². The molecule has 30 heavy (non-hydrogen) atoms. The van der Waals surface area contributed by atoms with Gasteiger partial charge < -0.3 is 15.4 Å². The Morgan fingerprint density at radius 1 is 0.667 bits per heavy atom. The van der Waals surface area contributed by atoms with Crippen molar-refractivity contribution in [3.8, 4) is 5.88 Å². The Hall–Kier alpha value is -4.12. The van der Waals surface area contributed by atoms with Gasteiger partial charge in [-0.25, -0.2) is 9.78 Å². The third-order valence-electron chi connectivity index (χ3n) is 4.47. The summed E-state index contributed by atoms with van der Waals surface area (Å²) in [6, 6.07) is 32.5. The third kappa shape index (κ3) is 5.02. The monoisotopic (exact) mass is 395 g/mol. The number of benzene rings is 3. The summed E-state index contributed by atoms with van der Waals surface area (Å²) < 4.78 is 6.20. The van der Waals surface area contributed by atoms with E-state index in [9.17, 15) is 4.79 Å². The number of hydrogen-bond acceptors (Lipinski definition) is 3. The highest BCUT2D eigenvalue weighted by atomic mass is 16.5. The molecule has 0 radical (unpaired) electrons. The van der Waals surface area contributed by atoms with Crippen LogP contribution < -0.4 is 15.4 Å². The van der Waals surface area contributed by atoms with Gasteiger partial charge in [0.15, 0.2) is 6.10 Å². The largest absolute Gasteiger partial charge is 0.465 e. The number of anilines is 2. The molecule has 0 atom stereocenters. The van der Waals surface area contributed by atoms with Gasteiger partial charge in [0.25, 0.3) is 0 Å². The standard InChI is InChI=1S/C25H21N3O2/c29-25(27-21-14-8-3-9-15-21)28-22-16-17-23(26-18-22)30-24(19-10-4-1-5-11-19)20-12-6-2-7-13-20/h1-18,24H,(H2,27,28,29). The number of pyridine rings is 1. The molecule has 0 aliphatic rings. The molecule has 2 amide bonds. The van der Waals surface area contributed by atoms with Crippen LogP contribution >= 0.6 is 0 Å². The smallest absolute Gasteiger partial charge is 0.323 e. The van der Waals surface area contributed by atoms with Crippen LogP contribution in [0.25, 0.3) is 0 Å². The van der Waals surface area contributed by atoms with E-state index in [4.69, 9.17) is 4.74 Å². The van der Waals surface area contributed by atoms with Crippen LogP contribution in [0.2, 0.25) is 0 Å². The van der Waals surface area contributed by atoms with Crippen molar-refractivity contribution in [2.45, 2.75) is 6.10 Å². The summed E-state index contributed by atoms with van der Waals surface area (Å²) in [5.41, 5.74) is 3.37. The van der Waals surface area contributed by atoms with Gasteiger partial charge in [-0.05, 0) is 29.3 Å². The number of rotatable bonds is 6. The van der Waals surface area contributed by atoms with E-state index in [1.807, 2.05) is 91.0 Å². The number of urea groups is 1. The molecule has 0 aliphatic heterocycles. The Morgan fingerprint density at radius 2 is 1.20 bits per heavy atom. The number of amides is 2. The molecule has 0 spiro atoms. The van der Waals surface area contributed by atoms with Gasteiger partial charge in [0.2, 0.25) is 5.88 Å². The van der Waals surface area contributed by atoms with Crippen molar-refractivity contribution in [1.29, 1.82) is 0 Å². The first-order valence-corrected chi connectivity index (χ1v) is 9.63. The second kappa shape index (κ2) is 9.39. The van der Waals surface area contributed by atoms with Gasteiger partial charge in [0.1, 0.15) is 0 Å². The van der Waals surface area contributed by atoms with Crippen molar-refractivity contribution in [3.63, 3.8) is 0 Å². The van der Waals surface area contributed by atoms with Crippen LogP contribution in [0, 0.1) is 0 Å². The predicted octanol–water partition coefficient (Wildman–Crippen LogP) is 5.89. The maximum Gasteiger partial charge on any atom is 0.323 e. The maximum atomic E-state index is 12.1. The number of hydrogen-bond donors (Lipinski definition) is 2. The molecule has 0 bridgehead atoms. The molecule has 0 unspecified atom stereocenters. The number of carbonyl (C=O) groups is 1. The van der Waals surface area contributed by atoms with E-state index in [0.29, 0.717) is 11.6 Å². The summed E-state index contributed by atoms with van der Waals surface area (Å²) in [5, 5.41) is 5.54. The Kier molecular flexibility index (Phi) is 6.01. The Bertz CT molecular complexity index is 1030. The second-order valence-corrected chi connectivity index (χ2v) is 6.65.